The molecule has 1 saturated heterocycles. The molecule has 0 saturated carbocycles. The molecule has 0 aliphatic carbocycles. The first-order valence-corrected chi connectivity index (χ1v) is 6.24. The Morgan fingerprint density at radius 1 is 1.25 bits per heavy atom. The zero-order valence-electron chi connectivity index (χ0n) is 10.6. The van der Waals surface area contributed by atoms with E-state index in [-0.39, 0.29) is 5.41 Å². The summed E-state index contributed by atoms with van der Waals surface area (Å²) >= 11 is 0. The van der Waals surface area contributed by atoms with Crippen molar-refractivity contribution in [1.29, 1.82) is 0 Å². The molecule has 1 aliphatic heterocycles. The molecule has 1 N–H and O–H groups in total. The molecule has 0 aromatic carbocycles. The Kier molecular flexibility index (Phi) is 3.29. The summed E-state index contributed by atoms with van der Waals surface area (Å²) in [5.41, 5.74) is 2.84. The van der Waals surface area contributed by atoms with E-state index < -0.39 is 0 Å². The molecule has 88 valence electrons. The minimum Gasteiger partial charge on any atom is -0.317 e. The van der Waals surface area contributed by atoms with Gasteiger partial charge < -0.3 is 5.32 Å². The van der Waals surface area contributed by atoms with Crippen LogP contribution in [0.25, 0.3) is 0 Å². The van der Waals surface area contributed by atoms with Crippen LogP contribution in [-0.2, 0) is 5.41 Å². The lowest BCUT2D eigenvalue weighted by atomic mass is 9.86. The zero-order valence-corrected chi connectivity index (χ0v) is 10.6. The van der Waals surface area contributed by atoms with E-state index in [4.69, 9.17) is 0 Å². The highest BCUT2D eigenvalue weighted by Gasteiger charge is 2.19. The number of aromatic nitrogens is 1. The molecule has 16 heavy (non-hydrogen) atoms. The largest absolute Gasteiger partial charge is 0.317 e. The van der Waals surface area contributed by atoms with Crippen LogP contribution in [0.3, 0.4) is 0 Å². The van der Waals surface area contributed by atoms with Crippen LogP contribution in [0.2, 0.25) is 0 Å². The standard InChI is InChI=1S/C14H22N2/c1-14(2,3)13-10-12(6-9-16-13)11-4-7-15-8-5-11/h6,9-11,15H,4-5,7-8H2,1-3H3. The molecular weight excluding hydrogens is 196 g/mol. The fourth-order valence-electron chi connectivity index (χ4n) is 2.27. The maximum absolute atomic E-state index is 4.49. The molecule has 1 aromatic rings. The summed E-state index contributed by atoms with van der Waals surface area (Å²) in [6, 6.07) is 4.49. The van der Waals surface area contributed by atoms with E-state index in [1.165, 1.54) is 24.1 Å². The number of piperidine rings is 1. The van der Waals surface area contributed by atoms with E-state index in [0.717, 1.165) is 19.0 Å². The molecule has 0 atom stereocenters. The van der Waals surface area contributed by atoms with Gasteiger partial charge >= 0.3 is 0 Å². The highest BCUT2D eigenvalue weighted by Crippen LogP contribution is 2.28. The summed E-state index contributed by atoms with van der Waals surface area (Å²) < 4.78 is 0. The summed E-state index contributed by atoms with van der Waals surface area (Å²) in [5, 5.41) is 3.41. The maximum atomic E-state index is 4.49. The minimum absolute atomic E-state index is 0.156. The van der Waals surface area contributed by atoms with Gasteiger partial charge in [0.15, 0.2) is 0 Å². The Balaban J connectivity index is 2.21. The fourth-order valence-corrected chi connectivity index (χ4v) is 2.27. The Bertz CT molecular complexity index is 346. The number of rotatable bonds is 1. The predicted octanol–water partition coefficient (Wildman–Crippen LogP) is 2.85. The van der Waals surface area contributed by atoms with Crippen LogP contribution >= 0.6 is 0 Å². The second-order valence-corrected chi connectivity index (χ2v) is 5.75. The second kappa shape index (κ2) is 4.54. The zero-order chi connectivity index (χ0) is 11.6. The number of nitrogens with one attached hydrogen (secondary N) is 1. The van der Waals surface area contributed by atoms with Crippen molar-refractivity contribution in [2.75, 3.05) is 13.1 Å². The lowest BCUT2D eigenvalue weighted by Gasteiger charge is -2.25. The first-order chi connectivity index (χ1) is 7.57. The van der Waals surface area contributed by atoms with Crippen molar-refractivity contribution in [2.24, 2.45) is 0 Å². The van der Waals surface area contributed by atoms with Crippen LogP contribution in [-0.4, -0.2) is 18.1 Å². The minimum atomic E-state index is 0.156. The number of hydrogen-bond acceptors (Lipinski definition) is 2. The molecule has 0 spiro atoms. The topological polar surface area (TPSA) is 24.9 Å². The molecule has 0 bridgehead atoms. The normalized spacial score (nSPS) is 18.7. The van der Waals surface area contributed by atoms with Gasteiger partial charge in [0.2, 0.25) is 0 Å². The average molecular weight is 218 g/mol. The molecule has 2 heteroatoms. The second-order valence-electron chi connectivity index (χ2n) is 5.75. The molecule has 1 fully saturated rings. The molecule has 0 unspecified atom stereocenters. The van der Waals surface area contributed by atoms with Crippen molar-refractivity contribution in [1.82, 2.24) is 10.3 Å². The van der Waals surface area contributed by atoms with Crippen LogP contribution in [0.5, 0.6) is 0 Å². The smallest absolute Gasteiger partial charge is 0.0459 e. The first-order valence-electron chi connectivity index (χ1n) is 6.24. The van der Waals surface area contributed by atoms with E-state index in [9.17, 15) is 0 Å². The van der Waals surface area contributed by atoms with E-state index in [1.807, 2.05) is 6.20 Å². The van der Waals surface area contributed by atoms with Crippen LogP contribution in [0.15, 0.2) is 18.3 Å². The van der Waals surface area contributed by atoms with Crippen LogP contribution in [0, 0.1) is 0 Å². The molecule has 1 aliphatic rings. The summed E-state index contributed by atoms with van der Waals surface area (Å²) in [4.78, 5) is 4.49. The lowest BCUT2D eigenvalue weighted by Crippen LogP contribution is -2.27. The molecule has 2 nitrogen and oxygen atoms in total. The Morgan fingerprint density at radius 3 is 2.56 bits per heavy atom. The third kappa shape index (κ3) is 2.62. The molecule has 0 amide bonds. The van der Waals surface area contributed by atoms with Crippen LogP contribution < -0.4 is 5.32 Å². The Hall–Kier alpha value is -0.890. The van der Waals surface area contributed by atoms with Gasteiger partial charge in [0.25, 0.3) is 0 Å². The van der Waals surface area contributed by atoms with Gasteiger partial charge in [-0.25, -0.2) is 0 Å². The monoisotopic (exact) mass is 218 g/mol. The number of hydrogen-bond donors (Lipinski definition) is 1. The van der Waals surface area contributed by atoms with Crippen molar-refractivity contribution in [3.8, 4) is 0 Å². The Labute approximate surface area is 98.5 Å². The van der Waals surface area contributed by atoms with Crippen molar-refractivity contribution in [2.45, 2.75) is 44.9 Å². The highest BCUT2D eigenvalue weighted by atomic mass is 14.9. The van der Waals surface area contributed by atoms with Crippen LogP contribution in [0.4, 0.5) is 0 Å². The van der Waals surface area contributed by atoms with Gasteiger partial charge in [0.05, 0.1) is 0 Å². The van der Waals surface area contributed by atoms with Gasteiger partial charge in [-0.2, -0.15) is 0 Å². The lowest BCUT2D eigenvalue weighted by molar-refractivity contribution is 0.458. The van der Waals surface area contributed by atoms with Gasteiger partial charge in [-0.15, -0.1) is 0 Å². The Morgan fingerprint density at radius 2 is 1.94 bits per heavy atom. The molecule has 2 heterocycles. The molecule has 2 rings (SSSR count). The van der Waals surface area contributed by atoms with E-state index in [2.05, 4.69) is 43.2 Å². The SMILES string of the molecule is CC(C)(C)c1cc(C2CCNCC2)ccn1. The highest BCUT2D eigenvalue weighted by molar-refractivity contribution is 5.25. The van der Waals surface area contributed by atoms with E-state index in [0.29, 0.717) is 0 Å². The van der Waals surface area contributed by atoms with Gasteiger partial charge in [0, 0.05) is 17.3 Å². The van der Waals surface area contributed by atoms with Gasteiger partial charge in [-0.1, -0.05) is 20.8 Å². The van der Waals surface area contributed by atoms with Crippen molar-refractivity contribution in [3.05, 3.63) is 29.6 Å². The number of pyridine rings is 1. The van der Waals surface area contributed by atoms with E-state index in [1.54, 1.807) is 0 Å². The quantitative estimate of drug-likeness (QED) is 0.784. The fraction of sp³-hybridized carbons (Fsp3) is 0.643. The van der Waals surface area contributed by atoms with Gasteiger partial charge in [-0.3, -0.25) is 4.98 Å². The van der Waals surface area contributed by atoms with Crippen molar-refractivity contribution >= 4 is 0 Å². The average Bonchev–Trinajstić information content (AvgIpc) is 2.29. The van der Waals surface area contributed by atoms with Crippen LogP contribution in [0.1, 0.15) is 50.8 Å². The molecular formula is C14H22N2. The molecule has 1 aromatic heterocycles. The van der Waals surface area contributed by atoms with Crippen molar-refractivity contribution in [3.63, 3.8) is 0 Å². The first kappa shape index (κ1) is 11.6. The maximum Gasteiger partial charge on any atom is 0.0459 e. The predicted molar refractivity (Wildman–Crippen MR) is 67.8 cm³/mol. The molecule has 0 radical (unpaired) electrons. The third-order valence-electron chi connectivity index (χ3n) is 3.36. The van der Waals surface area contributed by atoms with Crippen molar-refractivity contribution < 1.29 is 0 Å². The van der Waals surface area contributed by atoms with E-state index >= 15 is 0 Å². The summed E-state index contributed by atoms with van der Waals surface area (Å²) in [6.45, 7) is 8.97. The summed E-state index contributed by atoms with van der Waals surface area (Å²) in [7, 11) is 0. The number of nitrogens with zero attached hydrogens (tertiary/aromatic N) is 1. The summed E-state index contributed by atoms with van der Waals surface area (Å²) in [5.74, 6) is 0.727. The summed E-state index contributed by atoms with van der Waals surface area (Å²) in [6.07, 6.45) is 4.49. The third-order valence-corrected chi connectivity index (χ3v) is 3.36. The van der Waals surface area contributed by atoms with Gasteiger partial charge in [-0.05, 0) is 49.5 Å². The van der Waals surface area contributed by atoms with Gasteiger partial charge in [0.1, 0.15) is 0 Å².